The van der Waals surface area contributed by atoms with E-state index in [0.29, 0.717) is 13.2 Å². The summed E-state index contributed by atoms with van der Waals surface area (Å²) < 4.78 is 25.6. The first kappa shape index (κ1) is 19.2. The fourth-order valence-corrected chi connectivity index (χ4v) is 5.00. The molecule has 2 unspecified atom stereocenters. The molecule has 4 nitrogen and oxygen atoms in total. The van der Waals surface area contributed by atoms with Crippen molar-refractivity contribution in [2.45, 2.75) is 51.7 Å². The van der Waals surface area contributed by atoms with Crippen molar-refractivity contribution in [2.75, 3.05) is 26.4 Å². The normalized spacial score (nSPS) is 20.3. The Bertz CT molecular complexity index is 937. The molecule has 5 heteroatoms. The molecule has 0 N–H and O–H groups in total. The summed E-state index contributed by atoms with van der Waals surface area (Å²) in [6.45, 7) is 7.35. The summed E-state index contributed by atoms with van der Waals surface area (Å²) in [4.78, 5) is 0. The van der Waals surface area contributed by atoms with Crippen LogP contribution < -0.4 is 9.47 Å². The molecule has 0 spiro atoms. The largest absolute Gasteiger partial charge is 0.490 e. The van der Waals surface area contributed by atoms with E-state index >= 15 is 0 Å². The van der Waals surface area contributed by atoms with Crippen LogP contribution in [0.3, 0.4) is 0 Å². The number of ether oxygens (including phenoxy) is 4. The van der Waals surface area contributed by atoms with Crippen molar-refractivity contribution in [3.8, 4) is 11.5 Å². The van der Waals surface area contributed by atoms with Crippen LogP contribution in [-0.4, -0.2) is 38.6 Å². The highest BCUT2D eigenvalue weighted by atomic mass is 32.1. The Balaban J connectivity index is 1.56. The van der Waals surface area contributed by atoms with E-state index in [9.17, 15) is 0 Å². The van der Waals surface area contributed by atoms with Crippen LogP contribution in [0.15, 0.2) is 24.3 Å². The van der Waals surface area contributed by atoms with Crippen LogP contribution >= 0.6 is 11.3 Å². The molecule has 0 amide bonds. The summed E-state index contributed by atoms with van der Waals surface area (Å²) in [5.74, 6) is 2.00. The van der Waals surface area contributed by atoms with Gasteiger partial charge in [-0.05, 0) is 48.2 Å². The van der Waals surface area contributed by atoms with Crippen molar-refractivity contribution >= 4 is 31.5 Å². The minimum Gasteiger partial charge on any atom is -0.490 e. The summed E-state index contributed by atoms with van der Waals surface area (Å²) >= 11 is 1.87. The van der Waals surface area contributed by atoms with Gasteiger partial charge in [0.1, 0.15) is 36.9 Å². The Kier molecular flexibility index (Phi) is 5.37. The lowest BCUT2D eigenvalue weighted by atomic mass is 10.0. The molecule has 2 atom stereocenters. The van der Waals surface area contributed by atoms with Gasteiger partial charge in [-0.3, -0.25) is 0 Å². The molecule has 0 radical (unpaired) electrons. The highest BCUT2D eigenvalue weighted by Gasteiger charge is 2.25. The fourth-order valence-electron chi connectivity index (χ4n) is 3.80. The maximum absolute atomic E-state index is 6.15. The van der Waals surface area contributed by atoms with Crippen LogP contribution in [-0.2, 0) is 22.3 Å². The van der Waals surface area contributed by atoms with Gasteiger partial charge in [0.05, 0.1) is 13.2 Å². The summed E-state index contributed by atoms with van der Waals surface area (Å²) in [7, 11) is 0. The van der Waals surface area contributed by atoms with E-state index in [1.54, 1.807) is 0 Å². The SMILES string of the molecule is CCCc1cc2sc3cc(CCC)c(OCC4CO4)cc3c2cc1OCC1CO1. The predicted octanol–water partition coefficient (Wildman–Crippen LogP) is 5.51. The molecule has 0 bridgehead atoms. The smallest absolute Gasteiger partial charge is 0.123 e. The number of fused-ring (bicyclic) bond motifs is 3. The van der Waals surface area contributed by atoms with Gasteiger partial charge in [0, 0.05) is 20.2 Å². The zero-order valence-corrected chi connectivity index (χ0v) is 18.0. The van der Waals surface area contributed by atoms with Gasteiger partial charge in [-0.15, -0.1) is 11.3 Å². The Morgan fingerprint density at radius 3 is 1.62 bits per heavy atom. The highest BCUT2D eigenvalue weighted by Crippen LogP contribution is 2.41. The second kappa shape index (κ2) is 8.13. The maximum Gasteiger partial charge on any atom is 0.123 e. The second-order valence-corrected chi connectivity index (χ2v) is 9.13. The zero-order chi connectivity index (χ0) is 19.8. The third-order valence-corrected chi connectivity index (χ3v) is 6.64. The number of benzene rings is 2. The minimum atomic E-state index is 0.264. The lowest BCUT2D eigenvalue weighted by Crippen LogP contribution is -2.06. The van der Waals surface area contributed by atoms with Gasteiger partial charge in [0.25, 0.3) is 0 Å². The number of aryl methyl sites for hydroxylation is 2. The third-order valence-electron chi connectivity index (χ3n) is 5.53. The number of epoxide rings is 2. The van der Waals surface area contributed by atoms with E-state index in [2.05, 4.69) is 38.1 Å². The van der Waals surface area contributed by atoms with Crippen LogP contribution in [0.5, 0.6) is 11.5 Å². The first-order valence-corrected chi connectivity index (χ1v) is 11.6. The average Bonchev–Trinajstić information content (AvgIpc) is 3.63. The molecule has 2 aliphatic rings. The van der Waals surface area contributed by atoms with E-state index in [-0.39, 0.29) is 12.2 Å². The molecular formula is C24H28O4S. The quantitative estimate of drug-likeness (QED) is 0.412. The molecule has 3 heterocycles. The Morgan fingerprint density at radius 2 is 1.24 bits per heavy atom. The van der Waals surface area contributed by atoms with E-state index in [1.165, 1.54) is 31.3 Å². The monoisotopic (exact) mass is 412 g/mol. The molecule has 3 aromatic rings. The van der Waals surface area contributed by atoms with Crippen LogP contribution in [0.25, 0.3) is 20.2 Å². The summed E-state index contributed by atoms with van der Waals surface area (Å²) in [5, 5.41) is 2.51. The van der Waals surface area contributed by atoms with Crippen LogP contribution in [0.1, 0.15) is 37.8 Å². The van der Waals surface area contributed by atoms with Crippen LogP contribution in [0, 0.1) is 0 Å². The van der Waals surface area contributed by atoms with Gasteiger partial charge >= 0.3 is 0 Å². The molecule has 1 aromatic heterocycles. The molecule has 0 saturated carbocycles. The maximum atomic E-state index is 6.15. The van der Waals surface area contributed by atoms with Crippen LogP contribution in [0.2, 0.25) is 0 Å². The Labute approximate surface area is 175 Å². The van der Waals surface area contributed by atoms with Gasteiger partial charge < -0.3 is 18.9 Å². The Morgan fingerprint density at radius 1 is 0.793 bits per heavy atom. The van der Waals surface area contributed by atoms with Crippen molar-refractivity contribution in [3.63, 3.8) is 0 Å². The summed E-state index contributed by atoms with van der Waals surface area (Å²) in [5.41, 5.74) is 2.59. The number of hydrogen-bond donors (Lipinski definition) is 0. The number of rotatable bonds is 10. The molecule has 2 fully saturated rings. The van der Waals surface area contributed by atoms with Gasteiger partial charge in [-0.2, -0.15) is 0 Å². The fraction of sp³-hybridized carbons (Fsp3) is 0.500. The molecule has 29 heavy (non-hydrogen) atoms. The van der Waals surface area contributed by atoms with Crippen molar-refractivity contribution in [1.82, 2.24) is 0 Å². The third kappa shape index (κ3) is 4.23. The summed E-state index contributed by atoms with van der Waals surface area (Å²) in [6, 6.07) is 9.11. The molecule has 2 aliphatic heterocycles. The van der Waals surface area contributed by atoms with Crippen molar-refractivity contribution in [3.05, 3.63) is 35.4 Å². The first-order chi connectivity index (χ1) is 14.2. The number of thiophene rings is 1. The standard InChI is InChI=1S/C24H28O4S/c1-3-5-15-7-23-19(9-21(15)27-13-17-11-25-17)20-10-22(28-14-18-12-26-18)16(6-4-2)8-24(20)29-23/h7-10,17-18H,3-6,11-14H2,1-2H3. The first-order valence-electron chi connectivity index (χ1n) is 10.8. The number of hydrogen-bond acceptors (Lipinski definition) is 5. The van der Waals surface area contributed by atoms with Gasteiger partial charge in [0.2, 0.25) is 0 Å². The molecule has 5 rings (SSSR count). The lowest BCUT2D eigenvalue weighted by Gasteiger charge is -2.12. The minimum absolute atomic E-state index is 0.264. The molecular weight excluding hydrogens is 384 g/mol. The van der Waals surface area contributed by atoms with E-state index in [4.69, 9.17) is 18.9 Å². The van der Waals surface area contributed by atoms with Gasteiger partial charge in [-0.1, -0.05) is 26.7 Å². The van der Waals surface area contributed by atoms with E-state index in [1.807, 2.05) is 11.3 Å². The van der Waals surface area contributed by atoms with Gasteiger partial charge in [-0.25, -0.2) is 0 Å². The average molecular weight is 413 g/mol. The second-order valence-electron chi connectivity index (χ2n) is 8.05. The molecule has 2 saturated heterocycles. The van der Waals surface area contributed by atoms with E-state index < -0.39 is 0 Å². The van der Waals surface area contributed by atoms with Crippen molar-refractivity contribution in [2.24, 2.45) is 0 Å². The highest BCUT2D eigenvalue weighted by molar-refractivity contribution is 7.25. The topological polar surface area (TPSA) is 43.5 Å². The Hall–Kier alpha value is -1.82. The lowest BCUT2D eigenvalue weighted by molar-refractivity contribution is 0.261. The van der Waals surface area contributed by atoms with Gasteiger partial charge in [0.15, 0.2) is 0 Å². The van der Waals surface area contributed by atoms with Crippen molar-refractivity contribution < 1.29 is 18.9 Å². The van der Waals surface area contributed by atoms with E-state index in [0.717, 1.165) is 50.4 Å². The molecule has 2 aromatic carbocycles. The molecule has 0 aliphatic carbocycles. The van der Waals surface area contributed by atoms with Crippen LogP contribution in [0.4, 0.5) is 0 Å². The zero-order valence-electron chi connectivity index (χ0n) is 17.2. The van der Waals surface area contributed by atoms with Crippen molar-refractivity contribution in [1.29, 1.82) is 0 Å². The summed E-state index contributed by atoms with van der Waals surface area (Å²) in [6.07, 6.45) is 4.80. The molecule has 154 valence electrons. The predicted molar refractivity (Wildman–Crippen MR) is 118 cm³/mol.